The van der Waals surface area contributed by atoms with Crippen molar-refractivity contribution >= 4 is 5.97 Å². The minimum atomic E-state index is -0.871. The lowest BCUT2D eigenvalue weighted by atomic mass is 9.66. The van der Waals surface area contributed by atoms with E-state index in [9.17, 15) is 15.0 Å². The van der Waals surface area contributed by atoms with Crippen LogP contribution in [0.4, 0.5) is 0 Å². The van der Waals surface area contributed by atoms with Crippen LogP contribution in [-0.2, 0) is 14.9 Å². The van der Waals surface area contributed by atoms with Crippen molar-refractivity contribution in [2.75, 3.05) is 0 Å². The minimum Gasteiger partial charge on any atom is -0.508 e. The Kier molecular flexibility index (Phi) is 5.16. The van der Waals surface area contributed by atoms with E-state index in [0.717, 1.165) is 30.4 Å². The average Bonchev–Trinajstić information content (AvgIpc) is 2.63. The number of aromatic hydroxyl groups is 1. The smallest absolute Gasteiger partial charge is 0.331 e. The molecule has 1 saturated heterocycles. The fraction of sp³-hybridized carbons (Fsp3) is 0.640. The topological polar surface area (TPSA) is 76.0 Å². The van der Waals surface area contributed by atoms with Crippen LogP contribution in [0.25, 0.3) is 0 Å². The summed E-state index contributed by atoms with van der Waals surface area (Å²) in [6.07, 6.45) is 6.67. The molecule has 30 heavy (non-hydrogen) atoms. The zero-order valence-corrected chi connectivity index (χ0v) is 18.7. The van der Waals surface area contributed by atoms with Gasteiger partial charge < -0.3 is 19.7 Å². The number of hydrogen-bond acceptors (Lipinski definition) is 4. The molecule has 0 spiro atoms. The minimum absolute atomic E-state index is 0.0538. The summed E-state index contributed by atoms with van der Waals surface area (Å²) in [7, 11) is 0. The normalized spacial score (nSPS) is 29.7. The predicted octanol–water partition coefficient (Wildman–Crippen LogP) is 5.30. The molecule has 2 N–H and O–H groups in total. The van der Waals surface area contributed by atoms with Crippen LogP contribution in [0.5, 0.6) is 11.5 Å². The number of phenols is 1. The summed E-state index contributed by atoms with van der Waals surface area (Å²) in [5.74, 6) is 0.132. The highest BCUT2D eigenvalue weighted by molar-refractivity contribution is 5.87. The van der Waals surface area contributed by atoms with Crippen molar-refractivity contribution in [3.63, 3.8) is 0 Å². The van der Waals surface area contributed by atoms with E-state index >= 15 is 0 Å². The SMILES string of the molecule is CC1CC(CCC(C)(C)c2cc(O)c3c(c2)OC(C)(C)[C@@H]2CC=C(C(=O)O)C[C@@H]32)O1. The summed E-state index contributed by atoms with van der Waals surface area (Å²) in [5.41, 5.74) is 1.69. The van der Waals surface area contributed by atoms with Crippen molar-refractivity contribution in [1.82, 2.24) is 0 Å². The van der Waals surface area contributed by atoms with Gasteiger partial charge >= 0.3 is 5.97 Å². The van der Waals surface area contributed by atoms with E-state index in [1.54, 1.807) is 0 Å². The number of carbonyl (C=O) groups is 1. The molecule has 0 amide bonds. The van der Waals surface area contributed by atoms with Gasteiger partial charge in [-0.25, -0.2) is 4.79 Å². The standard InChI is InChI=1S/C25H34O5/c1-14-10-17(29-14)8-9-24(2,3)16-12-20(26)22-18-11-15(23(27)28)6-7-19(18)25(4,5)30-21(22)13-16/h6,12-14,17-19,26H,7-11H2,1-5H3,(H,27,28)/t14?,17?,18-,19-/m1/s1. The fourth-order valence-electron chi connectivity index (χ4n) is 5.50. The van der Waals surface area contributed by atoms with Gasteiger partial charge in [-0.3, -0.25) is 0 Å². The Hall–Kier alpha value is -2.01. The first kappa shape index (κ1) is 21.2. The van der Waals surface area contributed by atoms with Crippen molar-refractivity contribution in [3.05, 3.63) is 34.9 Å². The molecule has 4 rings (SSSR count). The lowest BCUT2D eigenvalue weighted by Crippen LogP contribution is -2.46. The number of ether oxygens (including phenoxy) is 2. The highest BCUT2D eigenvalue weighted by atomic mass is 16.5. The van der Waals surface area contributed by atoms with Crippen LogP contribution in [0.3, 0.4) is 0 Å². The van der Waals surface area contributed by atoms with Crippen molar-refractivity contribution in [2.24, 2.45) is 5.92 Å². The highest BCUT2D eigenvalue weighted by Gasteiger charge is 2.47. The molecule has 0 aromatic heterocycles. The number of fused-ring (bicyclic) bond motifs is 3. The lowest BCUT2D eigenvalue weighted by Gasteiger charge is -2.47. The molecule has 1 aromatic carbocycles. The van der Waals surface area contributed by atoms with Crippen LogP contribution < -0.4 is 4.74 Å². The van der Waals surface area contributed by atoms with Crippen LogP contribution in [0, 0.1) is 5.92 Å². The molecule has 5 heteroatoms. The van der Waals surface area contributed by atoms with Crippen LogP contribution in [0.2, 0.25) is 0 Å². The van der Waals surface area contributed by atoms with E-state index in [-0.39, 0.29) is 23.0 Å². The first-order valence-corrected chi connectivity index (χ1v) is 11.1. The van der Waals surface area contributed by atoms with E-state index in [0.29, 0.717) is 36.4 Å². The molecule has 164 valence electrons. The van der Waals surface area contributed by atoms with Gasteiger partial charge in [0.2, 0.25) is 0 Å². The van der Waals surface area contributed by atoms with Crippen LogP contribution in [0.15, 0.2) is 23.8 Å². The maximum Gasteiger partial charge on any atom is 0.331 e. The highest BCUT2D eigenvalue weighted by Crippen LogP contribution is 2.55. The van der Waals surface area contributed by atoms with Gasteiger partial charge in [-0.05, 0) is 76.0 Å². The summed E-state index contributed by atoms with van der Waals surface area (Å²) in [4.78, 5) is 11.6. The van der Waals surface area contributed by atoms with Gasteiger partial charge in [0.15, 0.2) is 0 Å². The fourth-order valence-corrected chi connectivity index (χ4v) is 5.50. The molecule has 0 radical (unpaired) electrons. The molecule has 1 fully saturated rings. The second-order valence-electron chi connectivity index (χ2n) is 10.5. The van der Waals surface area contributed by atoms with Gasteiger partial charge in [0.05, 0.1) is 12.2 Å². The van der Waals surface area contributed by atoms with E-state index in [1.165, 1.54) is 0 Å². The second-order valence-corrected chi connectivity index (χ2v) is 10.5. The number of hydrogen-bond donors (Lipinski definition) is 2. The number of carboxylic acids is 1. The maximum absolute atomic E-state index is 11.6. The molecular formula is C25H34O5. The van der Waals surface area contributed by atoms with E-state index < -0.39 is 11.6 Å². The molecule has 2 unspecified atom stereocenters. The third kappa shape index (κ3) is 3.73. The number of allylic oxidation sites excluding steroid dienone is 1. The molecule has 0 saturated carbocycles. The molecule has 4 atom stereocenters. The first-order valence-electron chi connectivity index (χ1n) is 11.1. The number of rotatable bonds is 5. The van der Waals surface area contributed by atoms with Crippen molar-refractivity contribution in [1.29, 1.82) is 0 Å². The Morgan fingerprint density at radius 2 is 2.00 bits per heavy atom. The van der Waals surface area contributed by atoms with Crippen LogP contribution in [0.1, 0.15) is 83.8 Å². The molecule has 5 nitrogen and oxygen atoms in total. The quantitative estimate of drug-likeness (QED) is 0.683. The second kappa shape index (κ2) is 7.30. The Morgan fingerprint density at radius 3 is 2.63 bits per heavy atom. The molecule has 1 aromatic rings. The van der Waals surface area contributed by atoms with Crippen molar-refractivity contribution in [3.8, 4) is 11.5 Å². The summed E-state index contributed by atoms with van der Waals surface area (Å²) >= 11 is 0. The van der Waals surface area contributed by atoms with Gasteiger partial charge in [0, 0.05) is 23.0 Å². The molecule has 3 aliphatic rings. The lowest BCUT2D eigenvalue weighted by molar-refractivity contribution is -0.133. The summed E-state index contributed by atoms with van der Waals surface area (Å²) in [5, 5.41) is 20.5. The molecular weight excluding hydrogens is 380 g/mol. The number of benzene rings is 1. The van der Waals surface area contributed by atoms with E-state index in [4.69, 9.17) is 9.47 Å². The predicted molar refractivity (Wildman–Crippen MR) is 115 cm³/mol. The van der Waals surface area contributed by atoms with Crippen molar-refractivity contribution in [2.45, 2.75) is 95.9 Å². The third-order valence-electron chi connectivity index (χ3n) is 7.47. The molecule has 2 aliphatic heterocycles. The Labute approximate surface area is 179 Å². The van der Waals surface area contributed by atoms with Gasteiger partial charge in [0.1, 0.15) is 17.1 Å². The molecule has 0 bridgehead atoms. The number of phenolic OH excluding ortho intramolecular Hbond substituents is 1. The Bertz CT molecular complexity index is 876. The van der Waals surface area contributed by atoms with Crippen LogP contribution >= 0.6 is 0 Å². The first-order chi connectivity index (χ1) is 14.0. The summed E-state index contributed by atoms with van der Waals surface area (Å²) in [6.45, 7) is 10.6. The van der Waals surface area contributed by atoms with Crippen molar-refractivity contribution < 1.29 is 24.5 Å². The Balaban J connectivity index is 1.64. The third-order valence-corrected chi connectivity index (χ3v) is 7.47. The number of aliphatic carboxylic acids is 1. The summed E-state index contributed by atoms with van der Waals surface area (Å²) in [6, 6.07) is 3.93. The van der Waals surface area contributed by atoms with Gasteiger partial charge in [-0.1, -0.05) is 19.9 Å². The summed E-state index contributed by atoms with van der Waals surface area (Å²) < 4.78 is 12.2. The zero-order valence-electron chi connectivity index (χ0n) is 18.7. The van der Waals surface area contributed by atoms with E-state index in [1.807, 2.05) is 12.1 Å². The molecule has 2 heterocycles. The Morgan fingerprint density at radius 1 is 1.30 bits per heavy atom. The average molecular weight is 415 g/mol. The molecule has 1 aliphatic carbocycles. The number of carboxylic acid groups (broad SMARTS) is 1. The monoisotopic (exact) mass is 414 g/mol. The van der Waals surface area contributed by atoms with Gasteiger partial charge in [-0.2, -0.15) is 0 Å². The zero-order chi connectivity index (χ0) is 21.8. The maximum atomic E-state index is 11.6. The largest absolute Gasteiger partial charge is 0.508 e. The van der Waals surface area contributed by atoms with Gasteiger partial charge in [0.25, 0.3) is 0 Å². The van der Waals surface area contributed by atoms with E-state index in [2.05, 4.69) is 40.7 Å². The van der Waals surface area contributed by atoms with Crippen LogP contribution in [-0.4, -0.2) is 34.0 Å². The van der Waals surface area contributed by atoms with Gasteiger partial charge in [-0.15, -0.1) is 0 Å².